The Balaban J connectivity index is 2.28. The molecule has 0 fully saturated rings. The van der Waals surface area contributed by atoms with Crippen molar-refractivity contribution in [3.63, 3.8) is 0 Å². The molecular formula is C11H19NOS. The van der Waals surface area contributed by atoms with Gasteiger partial charge in [0.05, 0.1) is 12.3 Å². The predicted octanol–water partition coefficient (Wildman–Crippen LogP) is 2.89. The lowest BCUT2D eigenvalue weighted by Crippen LogP contribution is -2.03. The number of rotatable bonds is 6. The van der Waals surface area contributed by atoms with Crippen molar-refractivity contribution in [1.82, 2.24) is 5.32 Å². The van der Waals surface area contributed by atoms with E-state index in [1.807, 2.05) is 24.9 Å². The van der Waals surface area contributed by atoms with Crippen LogP contribution in [0.25, 0.3) is 0 Å². The lowest BCUT2D eigenvalue weighted by atomic mass is 10.3. The summed E-state index contributed by atoms with van der Waals surface area (Å²) in [4.78, 5) is 0. The van der Waals surface area contributed by atoms with Crippen LogP contribution in [-0.2, 0) is 12.3 Å². The monoisotopic (exact) mass is 213 g/mol. The lowest BCUT2D eigenvalue weighted by Gasteiger charge is -2.02. The molecule has 0 atom stereocenters. The smallest absolute Gasteiger partial charge is 0.117 e. The van der Waals surface area contributed by atoms with Crippen molar-refractivity contribution in [3.8, 4) is 0 Å². The molecule has 0 saturated carbocycles. The number of furan rings is 1. The van der Waals surface area contributed by atoms with Crippen LogP contribution in [-0.4, -0.2) is 12.8 Å². The number of hydrogen-bond donors (Lipinski definition) is 1. The molecule has 14 heavy (non-hydrogen) atoms. The Morgan fingerprint density at radius 3 is 2.71 bits per heavy atom. The molecule has 1 heterocycles. The van der Waals surface area contributed by atoms with Crippen LogP contribution < -0.4 is 5.32 Å². The van der Waals surface area contributed by atoms with Gasteiger partial charge in [-0.1, -0.05) is 13.8 Å². The molecule has 0 unspecified atom stereocenters. The molecule has 1 aromatic rings. The molecule has 0 aliphatic rings. The normalized spacial score (nSPS) is 11.1. The SMILES string of the molecule is CNCc1ccc(CSCC(C)C)o1. The maximum Gasteiger partial charge on any atom is 0.117 e. The fraction of sp³-hybridized carbons (Fsp3) is 0.636. The molecule has 0 aliphatic heterocycles. The van der Waals surface area contributed by atoms with Gasteiger partial charge in [0.25, 0.3) is 0 Å². The van der Waals surface area contributed by atoms with Gasteiger partial charge in [-0.2, -0.15) is 11.8 Å². The first kappa shape index (κ1) is 11.7. The zero-order valence-electron chi connectivity index (χ0n) is 9.17. The fourth-order valence-electron chi connectivity index (χ4n) is 1.16. The zero-order chi connectivity index (χ0) is 10.4. The molecule has 3 heteroatoms. The maximum atomic E-state index is 5.62. The van der Waals surface area contributed by atoms with Crippen molar-refractivity contribution in [2.75, 3.05) is 12.8 Å². The van der Waals surface area contributed by atoms with Gasteiger partial charge in [-0.05, 0) is 30.9 Å². The summed E-state index contributed by atoms with van der Waals surface area (Å²) in [5, 5.41) is 3.07. The van der Waals surface area contributed by atoms with Crippen molar-refractivity contribution in [3.05, 3.63) is 23.7 Å². The van der Waals surface area contributed by atoms with E-state index in [0.29, 0.717) is 0 Å². The van der Waals surface area contributed by atoms with Crippen LogP contribution in [0.3, 0.4) is 0 Å². The summed E-state index contributed by atoms with van der Waals surface area (Å²) in [5.41, 5.74) is 0. The van der Waals surface area contributed by atoms with E-state index in [1.54, 1.807) is 0 Å². The molecule has 1 N–H and O–H groups in total. The van der Waals surface area contributed by atoms with Crippen LogP contribution in [0.5, 0.6) is 0 Å². The van der Waals surface area contributed by atoms with Gasteiger partial charge in [0.2, 0.25) is 0 Å². The van der Waals surface area contributed by atoms with Gasteiger partial charge in [0.1, 0.15) is 11.5 Å². The van der Waals surface area contributed by atoms with E-state index in [1.165, 1.54) is 5.75 Å². The molecule has 0 aromatic carbocycles. The van der Waals surface area contributed by atoms with E-state index >= 15 is 0 Å². The van der Waals surface area contributed by atoms with Gasteiger partial charge in [0.15, 0.2) is 0 Å². The van der Waals surface area contributed by atoms with Gasteiger partial charge >= 0.3 is 0 Å². The van der Waals surface area contributed by atoms with Gasteiger partial charge in [-0.25, -0.2) is 0 Å². The van der Waals surface area contributed by atoms with Gasteiger partial charge in [0, 0.05) is 0 Å². The molecule has 0 spiro atoms. The molecule has 1 rings (SSSR count). The van der Waals surface area contributed by atoms with Gasteiger partial charge < -0.3 is 9.73 Å². The molecule has 0 aliphatic carbocycles. The largest absolute Gasteiger partial charge is 0.464 e. The first-order valence-corrected chi connectivity index (χ1v) is 6.17. The van der Waals surface area contributed by atoms with Crippen LogP contribution in [0.2, 0.25) is 0 Å². The van der Waals surface area contributed by atoms with Crippen LogP contribution in [0.4, 0.5) is 0 Å². The summed E-state index contributed by atoms with van der Waals surface area (Å²) in [6, 6.07) is 4.11. The van der Waals surface area contributed by atoms with Crippen molar-refractivity contribution in [1.29, 1.82) is 0 Å². The second kappa shape index (κ2) is 6.14. The summed E-state index contributed by atoms with van der Waals surface area (Å²) >= 11 is 1.93. The topological polar surface area (TPSA) is 25.2 Å². The third-order valence-electron chi connectivity index (χ3n) is 1.76. The summed E-state index contributed by atoms with van der Waals surface area (Å²) < 4.78 is 5.62. The standard InChI is InChI=1S/C11H19NOS/c1-9(2)7-14-8-11-5-4-10(13-11)6-12-3/h4-5,9,12H,6-8H2,1-3H3. The molecule has 0 radical (unpaired) electrons. The van der Waals surface area contributed by atoms with E-state index in [9.17, 15) is 0 Å². The Bertz CT molecular complexity index is 258. The minimum atomic E-state index is 0.756. The molecule has 0 saturated heterocycles. The average molecular weight is 213 g/mol. The highest BCUT2D eigenvalue weighted by molar-refractivity contribution is 7.98. The molecular weight excluding hydrogens is 194 g/mol. The predicted molar refractivity (Wildman–Crippen MR) is 62.5 cm³/mol. The Morgan fingerprint density at radius 2 is 2.07 bits per heavy atom. The number of thioether (sulfide) groups is 1. The summed E-state index contributed by atoms with van der Waals surface area (Å²) in [6.45, 7) is 5.29. The lowest BCUT2D eigenvalue weighted by molar-refractivity contribution is 0.469. The number of nitrogens with one attached hydrogen (secondary N) is 1. The summed E-state index contributed by atoms with van der Waals surface area (Å²) in [6.07, 6.45) is 0. The quantitative estimate of drug-likeness (QED) is 0.786. The first-order chi connectivity index (χ1) is 6.72. The van der Waals surface area contributed by atoms with Crippen LogP contribution in [0.1, 0.15) is 25.4 Å². The molecule has 0 bridgehead atoms. The molecule has 80 valence electrons. The average Bonchev–Trinajstić information content (AvgIpc) is 2.53. The van der Waals surface area contributed by atoms with E-state index in [4.69, 9.17) is 4.42 Å². The van der Waals surface area contributed by atoms with Crippen LogP contribution in [0, 0.1) is 5.92 Å². The number of hydrogen-bond acceptors (Lipinski definition) is 3. The summed E-state index contributed by atoms with van der Waals surface area (Å²) in [7, 11) is 1.93. The zero-order valence-corrected chi connectivity index (χ0v) is 9.99. The molecule has 1 aromatic heterocycles. The maximum absolute atomic E-state index is 5.62. The second-order valence-corrected chi connectivity index (χ2v) is 4.84. The van der Waals surface area contributed by atoms with E-state index in [0.717, 1.165) is 29.7 Å². The highest BCUT2D eigenvalue weighted by Crippen LogP contribution is 2.17. The Hall–Kier alpha value is -0.410. The van der Waals surface area contributed by atoms with E-state index < -0.39 is 0 Å². The summed E-state index contributed by atoms with van der Waals surface area (Å²) in [5.74, 6) is 5.05. The van der Waals surface area contributed by atoms with Crippen molar-refractivity contribution >= 4 is 11.8 Å². The van der Waals surface area contributed by atoms with Crippen molar-refractivity contribution in [2.24, 2.45) is 5.92 Å². The third kappa shape index (κ3) is 4.20. The highest BCUT2D eigenvalue weighted by Gasteiger charge is 2.02. The highest BCUT2D eigenvalue weighted by atomic mass is 32.2. The van der Waals surface area contributed by atoms with Gasteiger partial charge in [-0.15, -0.1) is 0 Å². The van der Waals surface area contributed by atoms with E-state index in [-0.39, 0.29) is 0 Å². The Morgan fingerprint density at radius 1 is 1.36 bits per heavy atom. The molecule has 2 nitrogen and oxygen atoms in total. The minimum Gasteiger partial charge on any atom is -0.464 e. The minimum absolute atomic E-state index is 0.756. The Labute approximate surface area is 90.5 Å². The van der Waals surface area contributed by atoms with Gasteiger partial charge in [-0.3, -0.25) is 0 Å². The van der Waals surface area contributed by atoms with E-state index in [2.05, 4.69) is 25.2 Å². The van der Waals surface area contributed by atoms with Crippen LogP contribution in [0.15, 0.2) is 16.5 Å². The molecule has 0 amide bonds. The fourth-order valence-corrected chi connectivity index (χ4v) is 2.11. The van der Waals surface area contributed by atoms with Crippen molar-refractivity contribution < 1.29 is 4.42 Å². The van der Waals surface area contributed by atoms with Crippen molar-refractivity contribution in [2.45, 2.75) is 26.1 Å². The third-order valence-corrected chi connectivity index (χ3v) is 3.15. The first-order valence-electron chi connectivity index (χ1n) is 5.02. The second-order valence-electron chi connectivity index (χ2n) is 3.81. The Kier molecular flexibility index (Phi) is 5.12. The van der Waals surface area contributed by atoms with Crippen LogP contribution >= 0.6 is 11.8 Å².